The number of rotatable bonds is 8. The van der Waals surface area contributed by atoms with Crippen molar-refractivity contribution in [1.82, 2.24) is 4.90 Å². The Morgan fingerprint density at radius 1 is 1.31 bits per heavy atom. The van der Waals surface area contributed by atoms with Gasteiger partial charge in [0.05, 0.1) is 30.4 Å². The number of nitriles is 1. The van der Waals surface area contributed by atoms with Gasteiger partial charge in [-0.15, -0.1) is 0 Å². The average molecular weight is 491 g/mol. The second kappa shape index (κ2) is 10.9. The Kier molecular flexibility index (Phi) is 8.30. The van der Waals surface area contributed by atoms with Gasteiger partial charge in [-0.1, -0.05) is 49.9 Å². The molecule has 1 aliphatic heterocycles. The number of aliphatic hydroxyl groups is 2. The first-order valence-electron chi connectivity index (χ1n) is 12.4. The highest BCUT2D eigenvalue weighted by Gasteiger charge is 2.77. The number of aliphatic hydroxyl groups excluding tert-OH is 1. The highest BCUT2D eigenvalue weighted by Crippen LogP contribution is 2.67. The summed E-state index contributed by atoms with van der Waals surface area (Å²) in [5.74, 6) is 0.0661. The smallest absolute Gasteiger partial charge is 0.177 e. The molecule has 3 unspecified atom stereocenters. The Morgan fingerprint density at radius 2 is 1.97 bits per heavy atom. The van der Waals surface area contributed by atoms with Crippen LogP contribution in [0, 0.1) is 23.2 Å². The van der Waals surface area contributed by atoms with Crippen molar-refractivity contribution >= 4 is 0 Å². The maximum Gasteiger partial charge on any atom is 0.177 e. The van der Waals surface area contributed by atoms with Gasteiger partial charge < -0.3 is 24.6 Å². The minimum atomic E-state index is -1.83. The second-order valence-corrected chi connectivity index (χ2v) is 9.42. The van der Waals surface area contributed by atoms with Gasteiger partial charge in [0, 0.05) is 18.4 Å². The lowest BCUT2D eigenvalue weighted by Gasteiger charge is -2.40. The standard InChI is InChI=1S/C30H38N2O4/c1-8-12-13-22(9-2)27-24(19-32(6)11-4)28(33)29(34)26(20(5)35-7)25(10-3)36-30(27,29)23-16-14-21(18-31)15-17-23/h8-10,12-17,24,27-28,33-34H,2,11,19H2,1,3-7H3/b12-8-,22-13+,25-10+,26-20-/t24-,27?,28-,29?,30?/m1/s1. The first-order chi connectivity index (χ1) is 17.2. The summed E-state index contributed by atoms with van der Waals surface area (Å²) in [4.78, 5) is 2.12. The zero-order valence-corrected chi connectivity index (χ0v) is 22.2. The predicted octanol–water partition coefficient (Wildman–Crippen LogP) is 4.59. The van der Waals surface area contributed by atoms with Gasteiger partial charge >= 0.3 is 0 Å². The predicted molar refractivity (Wildman–Crippen MR) is 142 cm³/mol. The zero-order chi connectivity index (χ0) is 26.7. The third-order valence-corrected chi connectivity index (χ3v) is 7.67. The molecule has 1 saturated carbocycles. The number of fused-ring (bicyclic) bond motifs is 1. The van der Waals surface area contributed by atoms with E-state index in [1.807, 2.05) is 51.3 Å². The van der Waals surface area contributed by atoms with Gasteiger partial charge in [0.15, 0.2) is 11.2 Å². The van der Waals surface area contributed by atoms with Gasteiger partial charge in [-0.3, -0.25) is 0 Å². The summed E-state index contributed by atoms with van der Waals surface area (Å²) in [6.45, 7) is 13.0. The lowest BCUT2D eigenvalue weighted by Crippen LogP contribution is -2.53. The lowest BCUT2D eigenvalue weighted by molar-refractivity contribution is -0.135. The summed E-state index contributed by atoms with van der Waals surface area (Å²) >= 11 is 0. The topological polar surface area (TPSA) is 86.0 Å². The van der Waals surface area contributed by atoms with Crippen LogP contribution < -0.4 is 0 Å². The third-order valence-electron chi connectivity index (χ3n) is 7.67. The normalized spacial score (nSPS) is 32.5. The van der Waals surface area contributed by atoms with Crippen molar-refractivity contribution in [3.8, 4) is 6.07 Å². The Labute approximate surface area is 215 Å². The maximum atomic E-state index is 12.8. The second-order valence-electron chi connectivity index (χ2n) is 9.42. The van der Waals surface area contributed by atoms with E-state index >= 15 is 0 Å². The molecule has 0 amide bonds. The highest BCUT2D eigenvalue weighted by molar-refractivity contribution is 5.56. The molecule has 2 fully saturated rings. The molecule has 192 valence electrons. The molecule has 36 heavy (non-hydrogen) atoms. The van der Waals surface area contributed by atoms with E-state index in [1.165, 1.54) is 0 Å². The quantitative estimate of drug-likeness (QED) is 0.410. The van der Waals surface area contributed by atoms with Crippen LogP contribution in [-0.2, 0) is 15.1 Å². The molecule has 0 spiro atoms. The Morgan fingerprint density at radius 3 is 2.47 bits per heavy atom. The van der Waals surface area contributed by atoms with Crippen LogP contribution in [0.2, 0.25) is 0 Å². The van der Waals surface area contributed by atoms with Gasteiger partial charge in [-0.25, -0.2) is 0 Å². The molecular formula is C30H38N2O4. The molecule has 5 atom stereocenters. The van der Waals surface area contributed by atoms with E-state index in [2.05, 4.69) is 24.5 Å². The molecule has 0 radical (unpaired) electrons. The third kappa shape index (κ3) is 4.02. The van der Waals surface area contributed by atoms with E-state index in [1.54, 1.807) is 38.3 Å². The lowest BCUT2D eigenvalue weighted by atomic mass is 9.70. The minimum absolute atomic E-state index is 0.400. The van der Waals surface area contributed by atoms with Crippen LogP contribution >= 0.6 is 0 Å². The molecule has 0 bridgehead atoms. The first kappa shape index (κ1) is 27.5. The molecule has 0 aromatic heterocycles. The monoisotopic (exact) mass is 490 g/mol. The molecule has 1 heterocycles. The van der Waals surface area contributed by atoms with Crippen molar-refractivity contribution in [2.75, 3.05) is 27.2 Å². The molecule has 6 nitrogen and oxygen atoms in total. The van der Waals surface area contributed by atoms with E-state index in [4.69, 9.17) is 9.47 Å². The molecular weight excluding hydrogens is 452 g/mol. The van der Waals surface area contributed by atoms with E-state index in [0.717, 1.165) is 12.1 Å². The average Bonchev–Trinajstić information content (AvgIpc) is 3.27. The van der Waals surface area contributed by atoms with E-state index in [0.29, 0.717) is 34.8 Å². The van der Waals surface area contributed by atoms with Gasteiger partial charge in [-0.05, 0) is 63.7 Å². The molecule has 3 rings (SSSR count). The number of benzene rings is 1. The molecule has 1 aromatic rings. The maximum absolute atomic E-state index is 12.8. The van der Waals surface area contributed by atoms with Crippen LogP contribution in [0.25, 0.3) is 0 Å². The van der Waals surface area contributed by atoms with Crippen LogP contribution in [0.15, 0.2) is 83.9 Å². The Balaban J connectivity index is 2.48. The summed E-state index contributed by atoms with van der Waals surface area (Å²) in [6, 6.07) is 9.20. The fourth-order valence-corrected chi connectivity index (χ4v) is 5.82. The molecule has 1 aliphatic carbocycles. The van der Waals surface area contributed by atoms with Gasteiger partial charge in [-0.2, -0.15) is 5.26 Å². The first-order valence-corrected chi connectivity index (χ1v) is 12.4. The minimum Gasteiger partial charge on any atom is -0.501 e. The fourth-order valence-electron chi connectivity index (χ4n) is 5.82. The van der Waals surface area contributed by atoms with Crippen molar-refractivity contribution in [2.24, 2.45) is 11.8 Å². The SMILES string of the molecule is C=C/C(=C\C=C/C)C1[C@@H](CN(C)CC)[C@@H](O)C2(O)C(=C(/C)OC)/C(=C\C)OC12c1ccc(C#N)cc1. The van der Waals surface area contributed by atoms with Gasteiger partial charge in [0.25, 0.3) is 0 Å². The van der Waals surface area contributed by atoms with Crippen LogP contribution in [0.5, 0.6) is 0 Å². The number of methoxy groups -OCH3 is 1. The van der Waals surface area contributed by atoms with Gasteiger partial charge in [0.2, 0.25) is 0 Å². The summed E-state index contributed by atoms with van der Waals surface area (Å²) in [6.07, 6.45) is 8.20. The Bertz CT molecular complexity index is 1140. The van der Waals surface area contributed by atoms with Crippen LogP contribution in [-0.4, -0.2) is 54.1 Å². The Hall–Kier alpha value is -3.11. The fraction of sp³-hybridized carbons (Fsp3) is 0.433. The number of allylic oxidation sites excluding steroid dienone is 6. The molecule has 6 heteroatoms. The van der Waals surface area contributed by atoms with Crippen LogP contribution in [0.3, 0.4) is 0 Å². The molecule has 1 aromatic carbocycles. The van der Waals surface area contributed by atoms with Crippen LogP contribution in [0.1, 0.15) is 38.8 Å². The van der Waals surface area contributed by atoms with Crippen molar-refractivity contribution in [2.45, 2.75) is 45.0 Å². The zero-order valence-electron chi connectivity index (χ0n) is 22.2. The van der Waals surface area contributed by atoms with E-state index in [9.17, 15) is 15.5 Å². The largest absolute Gasteiger partial charge is 0.501 e. The highest BCUT2D eigenvalue weighted by atomic mass is 16.5. The van der Waals surface area contributed by atoms with Crippen molar-refractivity contribution < 1.29 is 19.7 Å². The molecule has 2 N–H and O–H groups in total. The number of hydrogen-bond donors (Lipinski definition) is 2. The molecule has 1 saturated heterocycles. The van der Waals surface area contributed by atoms with Crippen molar-refractivity contribution in [1.29, 1.82) is 5.26 Å². The van der Waals surface area contributed by atoms with E-state index < -0.39 is 29.1 Å². The summed E-state index contributed by atoms with van der Waals surface area (Å²) in [5.41, 5.74) is -0.776. The summed E-state index contributed by atoms with van der Waals surface area (Å²) in [7, 11) is 3.54. The van der Waals surface area contributed by atoms with Crippen LogP contribution in [0.4, 0.5) is 0 Å². The van der Waals surface area contributed by atoms with Crippen molar-refractivity contribution in [3.05, 3.63) is 95.0 Å². The molecule has 2 aliphatic rings. The van der Waals surface area contributed by atoms with E-state index in [-0.39, 0.29) is 0 Å². The number of ether oxygens (including phenoxy) is 2. The van der Waals surface area contributed by atoms with Crippen molar-refractivity contribution in [3.63, 3.8) is 0 Å². The summed E-state index contributed by atoms with van der Waals surface area (Å²) in [5, 5.41) is 34.2. The van der Waals surface area contributed by atoms with Gasteiger partial charge in [0.1, 0.15) is 11.5 Å². The number of nitrogens with zero attached hydrogens (tertiary/aromatic N) is 2. The number of hydrogen-bond acceptors (Lipinski definition) is 6. The summed E-state index contributed by atoms with van der Waals surface area (Å²) < 4.78 is 12.4.